The van der Waals surface area contributed by atoms with E-state index >= 15 is 0 Å². The first-order chi connectivity index (χ1) is 19.8. The number of H-pyrrole nitrogens is 1. The highest BCUT2D eigenvalue weighted by molar-refractivity contribution is 5.82. The maximum absolute atomic E-state index is 13.6. The van der Waals surface area contributed by atoms with Crippen molar-refractivity contribution in [1.29, 1.82) is 0 Å². The van der Waals surface area contributed by atoms with E-state index in [1.807, 2.05) is 39.8 Å². The van der Waals surface area contributed by atoms with Gasteiger partial charge in [0.05, 0.1) is 24.6 Å². The van der Waals surface area contributed by atoms with Gasteiger partial charge in [0, 0.05) is 35.0 Å². The lowest BCUT2D eigenvalue weighted by Crippen LogP contribution is -2.57. The Labute approximate surface area is 242 Å². The first kappa shape index (κ1) is 30.2. The summed E-state index contributed by atoms with van der Waals surface area (Å²) in [7, 11) is 0. The molecular weight excluding hydrogens is 552 g/mol. The van der Waals surface area contributed by atoms with Gasteiger partial charge in [-0.3, -0.25) is 9.78 Å². The quantitative estimate of drug-likeness (QED) is 0.308. The Bertz CT molecular complexity index is 1390. The van der Waals surface area contributed by atoms with Crippen LogP contribution in [0.2, 0.25) is 0 Å². The zero-order valence-corrected chi connectivity index (χ0v) is 24.1. The van der Waals surface area contributed by atoms with Gasteiger partial charge in [0.25, 0.3) is 0 Å². The third kappa shape index (κ3) is 5.94. The molecule has 226 valence electrons. The van der Waals surface area contributed by atoms with Crippen LogP contribution in [0.1, 0.15) is 59.1 Å². The molecule has 0 spiro atoms. The molecule has 3 unspecified atom stereocenters. The van der Waals surface area contributed by atoms with Gasteiger partial charge in [-0.2, -0.15) is 13.2 Å². The standard InChI is InChI=1S/C31H36F4N4O3/c1-18(2)22-9-12-29(3,15-23(22)37-28(40)31(33,34)35)30(4)16-41-27(42-17-30)26-38-24(19-5-7-21(32)8-6-19)25(39-26)20-10-13-36-14-11-20/h5-8,10-11,13-14,18,22-23,27H,9,12,15-17H2,1-4H3,(H,37,40)(H,38,39). The van der Waals surface area contributed by atoms with Gasteiger partial charge in [-0.05, 0) is 72.9 Å². The van der Waals surface area contributed by atoms with Crippen LogP contribution in [-0.4, -0.2) is 46.3 Å². The van der Waals surface area contributed by atoms with E-state index in [9.17, 15) is 22.4 Å². The van der Waals surface area contributed by atoms with Crippen LogP contribution in [0.15, 0.2) is 48.8 Å². The second-order valence-electron chi connectivity index (χ2n) is 12.4. The number of halogens is 4. The highest BCUT2D eigenvalue weighted by Gasteiger charge is 2.53. The molecule has 2 aliphatic rings. The van der Waals surface area contributed by atoms with Crippen molar-refractivity contribution in [1.82, 2.24) is 20.3 Å². The summed E-state index contributed by atoms with van der Waals surface area (Å²) in [5, 5.41) is 2.29. The average molecular weight is 589 g/mol. The van der Waals surface area contributed by atoms with E-state index in [0.717, 1.165) is 12.0 Å². The topological polar surface area (TPSA) is 89.1 Å². The molecule has 0 bridgehead atoms. The fourth-order valence-corrected chi connectivity index (χ4v) is 6.34. The van der Waals surface area contributed by atoms with Crippen molar-refractivity contribution in [3.63, 3.8) is 0 Å². The van der Waals surface area contributed by atoms with Crippen LogP contribution in [0.25, 0.3) is 22.5 Å². The van der Waals surface area contributed by atoms with Gasteiger partial charge in [0.15, 0.2) is 5.82 Å². The number of ether oxygens (including phenoxy) is 2. The lowest BCUT2D eigenvalue weighted by atomic mass is 9.55. The van der Waals surface area contributed by atoms with Crippen molar-refractivity contribution >= 4 is 5.91 Å². The molecule has 1 saturated heterocycles. The lowest BCUT2D eigenvalue weighted by molar-refractivity contribution is -0.262. The van der Waals surface area contributed by atoms with Crippen LogP contribution in [0.4, 0.5) is 17.6 Å². The van der Waals surface area contributed by atoms with Crippen LogP contribution in [0.3, 0.4) is 0 Å². The molecule has 1 saturated carbocycles. The second kappa shape index (κ2) is 11.4. The van der Waals surface area contributed by atoms with E-state index in [4.69, 9.17) is 14.5 Å². The number of nitrogens with one attached hydrogen (secondary N) is 2. The molecule has 42 heavy (non-hydrogen) atoms. The van der Waals surface area contributed by atoms with Crippen molar-refractivity contribution < 1.29 is 31.8 Å². The number of alkyl halides is 3. The van der Waals surface area contributed by atoms with Crippen molar-refractivity contribution in [3.8, 4) is 22.5 Å². The number of rotatable bonds is 6. The fourth-order valence-electron chi connectivity index (χ4n) is 6.34. The van der Waals surface area contributed by atoms with E-state index in [0.29, 0.717) is 35.6 Å². The molecular formula is C31H36F4N4O3. The molecule has 1 aliphatic carbocycles. The summed E-state index contributed by atoms with van der Waals surface area (Å²) in [6.45, 7) is 8.60. The third-order valence-corrected chi connectivity index (χ3v) is 9.24. The Morgan fingerprint density at radius 2 is 1.67 bits per heavy atom. The Morgan fingerprint density at radius 1 is 1.02 bits per heavy atom. The number of imidazole rings is 1. The number of nitrogens with zero attached hydrogens (tertiary/aromatic N) is 2. The predicted molar refractivity (Wildman–Crippen MR) is 148 cm³/mol. The normalized spacial score (nSPS) is 28.5. The zero-order chi connectivity index (χ0) is 30.3. The van der Waals surface area contributed by atoms with Crippen molar-refractivity contribution in [2.75, 3.05) is 13.2 Å². The van der Waals surface area contributed by atoms with Gasteiger partial charge in [-0.15, -0.1) is 0 Å². The minimum absolute atomic E-state index is 0.0641. The number of carbonyl (C=O) groups is 1. The summed E-state index contributed by atoms with van der Waals surface area (Å²) < 4.78 is 65.6. The van der Waals surface area contributed by atoms with Gasteiger partial charge in [-0.25, -0.2) is 9.37 Å². The van der Waals surface area contributed by atoms with Gasteiger partial charge < -0.3 is 19.8 Å². The molecule has 3 atom stereocenters. The van der Waals surface area contributed by atoms with Gasteiger partial charge in [0.2, 0.25) is 6.29 Å². The van der Waals surface area contributed by atoms with Crippen LogP contribution >= 0.6 is 0 Å². The SMILES string of the molecule is CC(C)C1CCC(C)(C2(C)COC(c3nc(-c4ccc(F)cc4)c(-c4ccncc4)[nH]3)OC2)CC1NC(=O)C(F)(F)F. The average Bonchev–Trinajstić information content (AvgIpc) is 3.39. The van der Waals surface area contributed by atoms with E-state index in [-0.39, 0.29) is 30.9 Å². The number of pyridine rings is 1. The van der Waals surface area contributed by atoms with Crippen molar-refractivity contribution in [2.24, 2.45) is 22.7 Å². The molecule has 2 N–H and O–H groups in total. The molecule has 3 heterocycles. The Kier molecular flexibility index (Phi) is 8.19. The third-order valence-electron chi connectivity index (χ3n) is 9.24. The van der Waals surface area contributed by atoms with Crippen LogP contribution in [0, 0.1) is 28.5 Å². The van der Waals surface area contributed by atoms with E-state index in [2.05, 4.69) is 15.3 Å². The molecule has 11 heteroatoms. The number of aromatic nitrogens is 3. The molecule has 0 radical (unpaired) electrons. The number of hydrogen-bond donors (Lipinski definition) is 2. The lowest BCUT2D eigenvalue weighted by Gasteiger charge is -2.54. The van der Waals surface area contributed by atoms with E-state index in [1.165, 1.54) is 12.1 Å². The molecule has 2 aromatic heterocycles. The minimum atomic E-state index is -4.94. The molecule has 1 amide bonds. The Morgan fingerprint density at radius 3 is 2.26 bits per heavy atom. The number of benzene rings is 1. The highest BCUT2D eigenvalue weighted by atomic mass is 19.4. The highest BCUT2D eigenvalue weighted by Crippen LogP contribution is 2.54. The van der Waals surface area contributed by atoms with Gasteiger partial charge in [-0.1, -0.05) is 27.7 Å². The molecule has 2 fully saturated rings. The van der Waals surface area contributed by atoms with Gasteiger partial charge in [0.1, 0.15) is 5.82 Å². The van der Waals surface area contributed by atoms with Crippen LogP contribution < -0.4 is 5.32 Å². The van der Waals surface area contributed by atoms with Crippen molar-refractivity contribution in [2.45, 2.75) is 65.5 Å². The monoisotopic (exact) mass is 588 g/mol. The number of hydrogen-bond acceptors (Lipinski definition) is 5. The summed E-state index contributed by atoms with van der Waals surface area (Å²) in [5.41, 5.74) is 1.91. The molecule has 5 rings (SSSR count). The number of aromatic amines is 1. The van der Waals surface area contributed by atoms with E-state index in [1.54, 1.807) is 24.5 Å². The fraction of sp³-hybridized carbons (Fsp3) is 0.516. The van der Waals surface area contributed by atoms with Crippen molar-refractivity contribution in [3.05, 3.63) is 60.4 Å². The van der Waals surface area contributed by atoms with Crippen LogP contribution in [-0.2, 0) is 14.3 Å². The predicted octanol–water partition coefficient (Wildman–Crippen LogP) is 6.84. The molecule has 3 aromatic rings. The maximum Gasteiger partial charge on any atom is 0.471 e. The first-order valence-electron chi connectivity index (χ1n) is 14.2. The van der Waals surface area contributed by atoms with Gasteiger partial charge >= 0.3 is 12.1 Å². The largest absolute Gasteiger partial charge is 0.471 e. The Hall–Kier alpha value is -3.31. The first-order valence-corrected chi connectivity index (χ1v) is 14.2. The maximum atomic E-state index is 13.6. The minimum Gasteiger partial charge on any atom is -0.345 e. The van der Waals surface area contributed by atoms with E-state index < -0.39 is 35.2 Å². The van der Waals surface area contributed by atoms with Crippen LogP contribution in [0.5, 0.6) is 0 Å². The Balaban J connectivity index is 1.36. The number of carbonyl (C=O) groups excluding carboxylic acids is 1. The molecule has 1 aliphatic heterocycles. The number of amides is 1. The molecule has 1 aromatic carbocycles. The summed E-state index contributed by atoms with van der Waals surface area (Å²) in [6, 6.07) is 9.12. The second-order valence-corrected chi connectivity index (χ2v) is 12.4. The summed E-state index contributed by atoms with van der Waals surface area (Å²) in [6.07, 6.45) is -0.565. The zero-order valence-electron chi connectivity index (χ0n) is 24.1. The summed E-state index contributed by atoms with van der Waals surface area (Å²) in [4.78, 5) is 24.1. The molecule has 7 nitrogen and oxygen atoms in total. The summed E-state index contributed by atoms with van der Waals surface area (Å²) in [5.74, 6) is -1.75. The smallest absolute Gasteiger partial charge is 0.345 e. The summed E-state index contributed by atoms with van der Waals surface area (Å²) >= 11 is 0.